The molecule has 2 amide bonds. The Hall–Kier alpha value is -4.99. The predicted octanol–water partition coefficient (Wildman–Crippen LogP) is 2.52. The first-order valence-corrected chi connectivity index (χ1v) is 12.7. The molecule has 5 N–H and O–H groups in total. The van der Waals surface area contributed by atoms with Gasteiger partial charge in [0.25, 0.3) is 12.4 Å². The Bertz CT molecular complexity index is 1580. The number of rotatable bonds is 6. The Morgan fingerprint density at radius 2 is 1.83 bits per heavy atom. The number of nitrogens with one attached hydrogen (secondary N) is 2. The number of carbonyl (C=O) groups excluding carboxylic acids is 2. The number of benzene rings is 1. The molecule has 3 aromatic heterocycles. The number of imidazole rings is 1. The molecule has 0 saturated carbocycles. The smallest absolute Gasteiger partial charge is 0.433 e. The number of halogens is 3. The van der Waals surface area contributed by atoms with Gasteiger partial charge in [-0.25, -0.2) is 9.97 Å². The average molecular weight is 588 g/mol. The van der Waals surface area contributed by atoms with Crippen LogP contribution in [0.3, 0.4) is 0 Å². The zero-order valence-electron chi connectivity index (χ0n) is 22.4. The highest BCUT2D eigenvalue weighted by molar-refractivity contribution is 5.96. The molecule has 1 aliphatic heterocycles. The third kappa shape index (κ3) is 6.33. The minimum absolute atomic E-state index is 0.00464. The molecule has 0 radical (unpaired) electrons. The number of hydrogen-bond donors (Lipinski definition) is 4. The van der Waals surface area contributed by atoms with Crippen molar-refractivity contribution in [3.8, 4) is 11.3 Å². The second-order valence-corrected chi connectivity index (χ2v) is 9.24. The number of anilines is 2. The highest BCUT2D eigenvalue weighted by Gasteiger charge is 2.36. The Morgan fingerprint density at radius 3 is 2.48 bits per heavy atom. The summed E-state index contributed by atoms with van der Waals surface area (Å²) in [6.07, 6.45) is 1.11. The van der Waals surface area contributed by atoms with Crippen LogP contribution >= 0.6 is 0 Å². The molecule has 0 bridgehead atoms. The Balaban J connectivity index is 0.00000129. The van der Waals surface area contributed by atoms with Crippen LogP contribution in [-0.2, 0) is 15.8 Å². The maximum atomic E-state index is 13.4. The van der Waals surface area contributed by atoms with E-state index >= 15 is 0 Å². The molecule has 4 heterocycles. The highest BCUT2D eigenvalue weighted by atomic mass is 19.4. The van der Waals surface area contributed by atoms with Crippen LogP contribution in [0.4, 0.5) is 24.7 Å². The molecule has 4 aromatic rings. The number of nitrogens with zero attached hydrogens (tertiary/aromatic N) is 6. The molecule has 13 nitrogen and oxygen atoms in total. The van der Waals surface area contributed by atoms with Gasteiger partial charge in [0, 0.05) is 62.8 Å². The molecule has 42 heavy (non-hydrogen) atoms. The number of aromatic nitrogens is 5. The minimum Gasteiger partial charge on any atom is -0.483 e. The molecular weight excluding hydrogens is 559 g/mol. The van der Waals surface area contributed by atoms with Crippen molar-refractivity contribution in [1.29, 1.82) is 0 Å². The monoisotopic (exact) mass is 587 g/mol. The van der Waals surface area contributed by atoms with Crippen molar-refractivity contribution in [3.05, 3.63) is 59.8 Å². The Morgan fingerprint density at radius 1 is 1.14 bits per heavy atom. The quantitative estimate of drug-likeness (QED) is 0.247. The van der Waals surface area contributed by atoms with Crippen molar-refractivity contribution < 1.29 is 32.7 Å². The van der Waals surface area contributed by atoms with E-state index in [1.807, 2.05) is 12.0 Å². The fourth-order valence-corrected chi connectivity index (χ4v) is 4.63. The fraction of sp³-hybridized carbons (Fsp3) is 0.308. The lowest BCUT2D eigenvalue weighted by atomic mass is 10.1. The van der Waals surface area contributed by atoms with E-state index in [1.54, 1.807) is 28.0 Å². The standard InChI is InChI=1S/C25H26F3N9O2.CH2O2/c1-15-12-16(2-3-17(15)24(39)36-10-8-35(9-11-36)20(38)4-5-29)33-22-23-31-14-19(37(23)7-6-30-22)18-13-32-34-21(18)25(26,27)28;2-1-3/h2-3,6-7,12-14H,4-5,8-11,29H2,1H3,(H,30,33)(H,32,34);1H,(H,2,3). The zero-order chi connectivity index (χ0) is 30.4. The van der Waals surface area contributed by atoms with Crippen molar-refractivity contribution in [3.63, 3.8) is 0 Å². The third-order valence-electron chi connectivity index (χ3n) is 6.62. The summed E-state index contributed by atoms with van der Waals surface area (Å²) in [5, 5.41) is 15.6. The van der Waals surface area contributed by atoms with Crippen LogP contribution in [0.1, 0.15) is 28.0 Å². The van der Waals surface area contributed by atoms with E-state index in [0.717, 1.165) is 11.8 Å². The van der Waals surface area contributed by atoms with Crippen LogP contribution < -0.4 is 11.1 Å². The van der Waals surface area contributed by atoms with E-state index in [0.29, 0.717) is 61.9 Å². The van der Waals surface area contributed by atoms with Crippen molar-refractivity contribution in [1.82, 2.24) is 34.4 Å². The predicted molar refractivity (Wildman–Crippen MR) is 145 cm³/mol. The summed E-state index contributed by atoms with van der Waals surface area (Å²) in [6.45, 7) is 3.68. The summed E-state index contributed by atoms with van der Waals surface area (Å²) in [7, 11) is 0. The van der Waals surface area contributed by atoms with Crippen LogP contribution in [0.25, 0.3) is 16.9 Å². The molecule has 1 saturated heterocycles. The summed E-state index contributed by atoms with van der Waals surface area (Å²) < 4.78 is 41.7. The maximum Gasteiger partial charge on any atom is 0.433 e. The van der Waals surface area contributed by atoms with E-state index in [-0.39, 0.29) is 29.5 Å². The number of alkyl halides is 3. The van der Waals surface area contributed by atoms with Gasteiger partial charge in [0.1, 0.15) is 5.69 Å². The summed E-state index contributed by atoms with van der Waals surface area (Å²) in [5.74, 6) is 0.205. The molecule has 0 spiro atoms. The number of carbonyl (C=O) groups is 3. The van der Waals surface area contributed by atoms with Gasteiger partial charge in [-0.3, -0.25) is 23.9 Å². The largest absolute Gasteiger partial charge is 0.483 e. The van der Waals surface area contributed by atoms with Crippen molar-refractivity contribution in [2.24, 2.45) is 5.73 Å². The van der Waals surface area contributed by atoms with E-state index in [9.17, 15) is 22.8 Å². The summed E-state index contributed by atoms with van der Waals surface area (Å²) in [4.78, 5) is 45.6. The van der Waals surface area contributed by atoms with Gasteiger partial charge in [-0.2, -0.15) is 18.3 Å². The number of aromatic amines is 1. The first-order valence-electron chi connectivity index (χ1n) is 12.7. The molecule has 0 unspecified atom stereocenters. The number of hydrogen-bond acceptors (Lipinski definition) is 8. The molecule has 5 rings (SSSR count). The lowest BCUT2D eigenvalue weighted by Gasteiger charge is -2.35. The van der Waals surface area contributed by atoms with Crippen molar-refractivity contribution in [2.45, 2.75) is 19.5 Å². The van der Waals surface area contributed by atoms with Gasteiger partial charge in [0.15, 0.2) is 11.5 Å². The van der Waals surface area contributed by atoms with Crippen LogP contribution in [0.5, 0.6) is 0 Å². The van der Waals surface area contributed by atoms with E-state index in [1.165, 1.54) is 23.0 Å². The summed E-state index contributed by atoms with van der Waals surface area (Å²) in [5.41, 5.74) is 6.80. The number of H-pyrrole nitrogens is 1. The van der Waals surface area contributed by atoms with Crippen molar-refractivity contribution >= 4 is 35.4 Å². The first-order chi connectivity index (χ1) is 20.1. The van der Waals surface area contributed by atoms with Crippen LogP contribution in [0.2, 0.25) is 0 Å². The number of nitrogens with two attached hydrogens (primary N) is 1. The topological polar surface area (TPSA) is 175 Å². The van der Waals surface area contributed by atoms with Gasteiger partial charge >= 0.3 is 6.18 Å². The van der Waals surface area contributed by atoms with E-state index in [2.05, 4.69) is 20.4 Å². The molecule has 0 atom stereocenters. The Labute approximate surface area is 237 Å². The minimum atomic E-state index is -4.60. The number of amides is 2. The van der Waals surface area contributed by atoms with Gasteiger partial charge in [-0.1, -0.05) is 0 Å². The van der Waals surface area contributed by atoms with Crippen LogP contribution in [0, 0.1) is 6.92 Å². The molecule has 222 valence electrons. The maximum absolute atomic E-state index is 13.4. The second-order valence-electron chi connectivity index (χ2n) is 9.24. The van der Waals surface area contributed by atoms with Crippen molar-refractivity contribution in [2.75, 3.05) is 38.0 Å². The number of aryl methyl sites for hydroxylation is 1. The normalized spacial score (nSPS) is 13.5. The zero-order valence-corrected chi connectivity index (χ0v) is 22.4. The van der Waals surface area contributed by atoms with Gasteiger partial charge in [0.05, 0.1) is 23.7 Å². The van der Waals surface area contributed by atoms with Gasteiger partial charge in [0.2, 0.25) is 5.91 Å². The average Bonchev–Trinajstić information content (AvgIpc) is 3.61. The molecule has 1 aromatic carbocycles. The van der Waals surface area contributed by atoms with Gasteiger partial charge < -0.3 is 26.0 Å². The fourth-order valence-electron chi connectivity index (χ4n) is 4.63. The second kappa shape index (κ2) is 12.7. The molecular formula is C26H28F3N9O4. The lowest BCUT2D eigenvalue weighted by molar-refractivity contribution is -0.140. The molecule has 16 heteroatoms. The lowest BCUT2D eigenvalue weighted by Crippen LogP contribution is -2.51. The third-order valence-corrected chi connectivity index (χ3v) is 6.62. The van der Waals surface area contributed by atoms with Gasteiger partial charge in [-0.15, -0.1) is 0 Å². The Kier molecular flexibility index (Phi) is 9.05. The molecule has 1 fully saturated rings. The van der Waals surface area contributed by atoms with Crippen LogP contribution in [0.15, 0.2) is 43.0 Å². The number of carboxylic acid groups (broad SMARTS) is 1. The summed E-state index contributed by atoms with van der Waals surface area (Å²) >= 11 is 0. The SMILES string of the molecule is Cc1cc(Nc2nccn3c(-c4cn[nH]c4C(F)(F)F)cnc23)ccc1C(=O)N1CCN(C(=O)CCN)CC1.O=CO. The van der Waals surface area contributed by atoms with Gasteiger partial charge in [-0.05, 0) is 30.7 Å². The summed E-state index contributed by atoms with van der Waals surface area (Å²) in [6, 6.07) is 5.24. The number of fused-ring (bicyclic) bond motifs is 1. The van der Waals surface area contributed by atoms with Crippen LogP contribution in [-0.4, -0.2) is 90.5 Å². The number of piperazine rings is 1. The molecule has 1 aliphatic rings. The van der Waals surface area contributed by atoms with E-state index < -0.39 is 11.9 Å². The van der Waals surface area contributed by atoms with E-state index in [4.69, 9.17) is 15.6 Å². The first kappa shape index (κ1) is 30.0. The highest BCUT2D eigenvalue weighted by Crippen LogP contribution is 2.36. The molecule has 0 aliphatic carbocycles.